The molecule has 0 heterocycles. The fourth-order valence-electron chi connectivity index (χ4n) is 7.14. The van der Waals surface area contributed by atoms with Crippen molar-refractivity contribution in [1.82, 2.24) is 0 Å². The molecule has 0 aliphatic heterocycles. The van der Waals surface area contributed by atoms with Gasteiger partial charge >= 0.3 is 0 Å². The number of hydrogen-bond acceptors (Lipinski definition) is 2. The van der Waals surface area contributed by atoms with E-state index in [9.17, 15) is 9.90 Å². The molecule has 3 saturated carbocycles. The van der Waals surface area contributed by atoms with Crippen LogP contribution >= 0.6 is 22.6 Å². The second-order valence-electron chi connectivity index (χ2n) is 9.77. The third kappa shape index (κ3) is 2.70. The van der Waals surface area contributed by atoms with Crippen LogP contribution in [0.25, 0.3) is 0 Å². The third-order valence-corrected chi connectivity index (χ3v) is 9.44. The number of hydrogen-bond donors (Lipinski definition) is 1. The van der Waals surface area contributed by atoms with Crippen molar-refractivity contribution in [3.8, 4) is 0 Å². The van der Waals surface area contributed by atoms with Crippen molar-refractivity contribution in [3.63, 3.8) is 0 Å². The van der Waals surface area contributed by atoms with Crippen LogP contribution in [0, 0.1) is 28.6 Å². The highest BCUT2D eigenvalue weighted by molar-refractivity contribution is 14.1. The minimum absolute atomic E-state index is 0.0160. The number of halogens is 1. The molecule has 0 aromatic rings. The third-order valence-electron chi connectivity index (χ3n) is 8.82. The lowest BCUT2D eigenvalue weighted by molar-refractivity contribution is -0.124. The fourth-order valence-corrected chi connectivity index (χ4v) is 7.50. The number of rotatable bonds is 3. The number of carbonyl (C=O) groups excluding carboxylic acids is 1. The van der Waals surface area contributed by atoms with Gasteiger partial charge in [0, 0.05) is 22.7 Å². The van der Waals surface area contributed by atoms with Gasteiger partial charge in [0.1, 0.15) is 5.78 Å². The molecule has 4 aliphatic carbocycles. The number of Topliss-reactive ketones (excluding diaryl/α,β-unsaturated/α-hetero) is 1. The Kier molecular flexibility index (Phi) is 4.95. The van der Waals surface area contributed by atoms with E-state index in [1.165, 1.54) is 12.0 Å². The van der Waals surface area contributed by atoms with E-state index >= 15 is 0 Å². The Labute approximate surface area is 172 Å². The van der Waals surface area contributed by atoms with Crippen molar-refractivity contribution < 1.29 is 9.90 Å². The molecule has 1 N–H and O–H groups in total. The van der Waals surface area contributed by atoms with Gasteiger partial charge in [-0.25, -0.2) is 0 Å². The SMILES string of the molecule is C[C@]12CCC(=O)CC1=CCC1C2CC[C@@]2(C)C1CCC2(O)C=CCCI. The Morgan fingerprint density at radius 2 is 2.00 bits per heavy atom. The number of aliphatic hydroxyl groups is 1. The van der Waals surface area contributed by atoms with E-state index in [0.29, 0.717) is 30.0 Å². The molecule has 3 fully saturated rings. The molecule has 0 aromatic carbocycles. The summed E-state index contributed by atoms with van der Waals surface area (Å²) in [6.07, 6.45) is 15.9. The summed E-state index contributed by atoms with van der Waals surface area (Å²) >= 11 is 2.40. The molecule has 0 amide bonds. The predicted octanol–water partition coefficient (Wildman–Crippen LogP) is 5.63. The largest absolute Gasteiger partial charge is 0.385 e. The highest BCUT2D eigenvalue weighted by Crippen LogP contribution is 2.67. The molecule has 4 aliphatic rings. The standard InChI is InChI=1S/C23H33IO2/c1-21-11-7-17(25)15-16(21)5-6-18-19(21)8-12-22(2)20(18)9-13-23(22,26)10-3-4-14-24/h3,5,10,18-20,26H,4,6-9,11-15H2,1-2H3/t18?,19?,20?,21-,22-,23?/m0/s1. The van der Waals surface area contributed by atoms with Crippen LogP contribution in [0.4, 0.5) is 0 Å². The fraction of sp³-hybridized carbons (Fsp3) is 0.783. The summed E-state index contributed by atoms with van der Waals surface area (Å²) in [6.45, 7) is 4.80. The number of carbonyl (C=O) groups is 1. The quantitative estimate of drug-likeness (QED) is 0.331. The Morgan fingerprint density at radius 3 is 2.77 bits per heavy atom. The average Bonchev–Trinajstić information content (AvgIpc) is 2.87. The van der Waals surface area contributed by atoms with E-state index in [1.807, 2.05) is 0 Å². The maximum atomic E-state index is 12.0. The first-order valence-electron chi connectivity index (χ1n) is 10.5. The molecule has 0 bridgehead atoms. The van der Waals surface area contributed by atoms with E-state index in [-0.39, 0.29) is 10.8 Å². The van der Waals surface area contributed by atoms with Gasteiger partial charge in [-0.3, -0.25) is 4.79 Å². The summed E-state index contributed by atoms with van der Waals surface area (Å²) < 4.78 is 1.11. The van der Waals surface area contributed by atoms with E-state index in [4.69, 9.17) is 0 Å². The minimum atomic E-state index is -0.623. The second-order valence-corrected chi connectivity index (χ2v) is 10.9. The van der Waals surface area contributed by atoms with E-state index in [1.54, 1.807) is 0 Å². The van der Waals surface area contributed by atoms with Crippen LogP contribution in [0.3, 0.4) is 0 Å². The molecular formula is C23H33IO2. The van der Waals surface area contributed by atoms with Crippen LogP contribution in [0.15, 0.2) is 23.8 Å². The van der Waals surface area contributed by atoms with Crippen molar-refractivity contribution in [2.24, 2.45) is 28.6 Å². The highest BCUT2D eigenvalue weighted by atomic mass is 127. The Hall–Kier alpha value is -0.160. The molecule has 4 rings (SSSR count). The number of alkyl halides is 1. The smallest absolute Gasteiger partial charge is 0.136 e. The van der Waals surface area contributed by atoms with Gasteiger partial charge in [-0.15, -0.1) is 0 Å². The zero-order valence-electron chi connectivity index (χ0n) is 16.3. The van der Waals surface area contributed by atoms with Crippen LogP contribution in [0.5, 0.6) is 0 Å². The van der Waals surface area contributed by atoms with Crippen molar-refractivity contribution in [2.45, 2.75) is 77.2 Å². The van der Waals surface area contributed by atoms with E-state index < -0.39 is 5.60 Å². The molecule has 3 heteroatoms. The molecule has 0 aromatic heterocycles. The minimum Gasteiger partial charge on any atom is -0.385 e. The summed E-state index contributed by atoms with van der Waals surface area (Å²) in [5, 5.41) is 11.5. The van der Waals surface area contributed by atoms with Crippen LogP contribution in [0.2, 0.25) is 0 Å². The van der Waals surface area contributed by atoms with Crippen molar-refractivity contribution >= 4 is 28.4 Å². The normalized spacial score (nSPS) is 48.1. The van der Waals surface area contributed by atoms with Crippen LogP contribution < -0.4 is 0 Å². The first-order chi connectivity index (χ1) is 12.3. The lowest BCUT2D eigenvalue weighted by atomic mass is 9.47. The lowest BCUT2D eigenvalue weighted by Gasteiger charge is -2.58. The first kappa shape index (κ1) is 19.2. The zero-order chi connectivity index (χ0) is 18.6. The summed E-state index contributed by atoms with van der Waals surface area (Å²) in [7, 11) is 0. The van der Waals surface area contributed by atoms with Gasteiger partial charge in [-0.2, -0.15) is 0 Å². The highest BCUT2D eigenvalue weighted by Gasteiger charge is 2.62. The zero-order valence-corrected chi connectivity index (χ0v) is 18.4. The van der Waals surface area contributed by atoms with Crippen LogP contribution in [0.1, 0.15) is 71.6 Å². The van der Waals surface area contributed by atoms with Gasteiger partial charge in [0.15, 0.2) is 0 Å². The van der Waals surface area contributed by atoms with Crippen LogP contribution in [-0.2, 0) is 4.79 Å². The topological polar surface area (TPSA) is 37.3 Å². The Bertz CT molecular complexity index is 653. The molecule has 0 radical (unpaired) electrons. The maximum Gasteiger partial charge on any atom is 0.136 e. The number of fused-ring (bicyclic) bond motifs is 5. The van der Waals surface area contributed by atoms with Crippen molar-refractivity contribution in [3.05, 3.63) is 23.8 Å². The molecule has 144 valence electrons. The Morgan fingerprint density at radius 1 is 1.23 bits per heavy atom. The summed E-state index contributed by atoms with van der Waals surface area (Å²) in [5.41, 5.74) is 1.06. The van der Waals surface area contributed by atoms with Crippen molar-refractivity contribution in [1.29, 1.82) is 0 Å². The lowest BCUT2D eigenvalue weighted by Crippen LogP contribution is -2.54. The second kappa shape index (κ2) is 6.72. The summed E-state index contributed by atoms with van der Waals surface area (Å²) in [6, 6.07) is 0. The average molecular weight is 468 g/mol. The monoisotopic (exact) mass is 468 g/mol. The van der Waals surface area contributed by atoms with Gasteiger partial charge in [-0.05, 0) is 68.1 Å². The van der Waals surface area contributed by atoms with Gasteiger partial charge in [0.2, 0.25) is 0 Å². The molecule has 26 heavy (non-hydrogen) atoms. The predicted molar refractivity (Wildman–Crippen MR) is 114 cm³/mol. The number of ketones is 1. The van der Waals surface area contributed by atoms with Gasteiger partial charge < -0.3 is 5.11 Å². The molecule has 2 nitrogen and oxygen atoms in total. The first-order valence-corrected chi connectivity index (χ1v) is 12.0. The van der Waals surface area contributed by atoms with E-state index in [2.05, 4.69) is 54.7 Å². The molecule has 0 spiro atoms. The molecule has 6 atom stereocenters. The maximum absolute atomic E-state index is 12.0. The Balaban J connectivity index is 1.63. The van der Waals surface area contributed by atoms with Gasteiger partial charge in [0.25, 0.3) is 0 Å². The molecular weight excluding hydrogens is 435 g/mol. The number of allylic oxidation sites excluding steroid dienone is 3. The van der Waals surface area contributed by atoms with Gasteiger partial charge in [-0.1, -0.05) is 60.2 Å². The summed E-state index contributed by atoms with van der Waals surface area (Å²) in [5.74, 6) is 2.43. The van der Waals surface area contributed by atoms with Gasteiger partial charge in [0.05, 0.1) is 5.60 Å². The summed E-state index contributed by atoms with van der Waals surface area (Å²) in [4.78, 5) is 12.0. The van der Waals surface area contributed by atoms with E-state index in [0.717, 1.165) is 49.4 Å². The molecule has 0 saturated heterocycles. The molecule has 4 unspecified atom stereocenters. The van der Waals surface area contributed by atoms with Crippen LogP contribution in [-0.4, -0.2) is 20.9 Å². The van der Waals surface area contributed by atoms with Crippen molar-refractivity contribution in [2.75, 3.05) is 4.43 Å².